The number of hydrogen-bond donors (Lipinski definition) is 1. The molecule has 100 valence electrons. The summed E-state index contributed by atoms with van der Waals surface area (Å²) in [4.78, 5) is 11.1. The lowest BCUT2D eigenvalue weighted by molar-refractivity contribution is 0.612. The predicted octanol–water partition coefficient (Wildman–Crippen LogP) is 3.07. The first kappa shape index (κ1) is 13.1. The first-order valence-electron chi connectivity index (χ1n) is 7.17. The van der Waals surface area contributed by atoms with Crippen molar-refractivity contribution in [3.8, 4) is 0 Å². The number of nitrogens with one attached hydrogen (secondary N) is 1. The molecule has 1 N–H and O–H groups in total. The monoisotopic (exact) mass is 248 g/mol. The second kappa shape index (κ2) is 6.57. The van der Waals surface area contributed by atoms with E-state index in [0.717, 1.165) is 31.1 Å². The van der Waals surface area contributed by atoms with Crippen molar-refractivity contribution in [2.45, 2.75) is 52.0 Å². The quantitative estimate of drug-likeness (QED) is 0.840. The summed E-state index contributed by atoms with van der Waals surface area (Å²) in [7, 11) is 0. The lowest BCUT2D eigenvalue weighted by Gasteiger charge is -2.28. The van der Waals surface area contributed by atoms with Gasteiger partial charge in [-0.15, -0.1) is 0 Å². The summed E-state index contributed by atoms with van der Waals surface area (Å²) in [5, 5.41) is 3.33. The zero-order valence-corrected chi connectivity index (χ0v) is 11.5. The van der Waals surface area contributed by atoms with Gasteiger partial charge in [-0.1, -0.05) is 19.8 Å². The molecule has 0 amide bonds. The molecule has 4 heteroatoms. The van der Waals surface area contributed by atoms with E-state index in [4.69, 9.17) is 0 Å². The number of aromatic nitrogens is 2. The van der Waals surface area contributed by atoms with Crippen LogP contribution in [0.15, 0.2) is 12.4 Å². The Kier molecular flexibility index (Phi) is 4.79. The van der Waals surface area contributed by atoms with Crippen molar-refractivity contribution in [2.75, 3.05) is 23.3 Å². The smallest absolute Gasteiger partial charge is 0.134 e. The fraction of sp³-hybridized carbons (Fsp3) is 0.714. The first-order chi connectivity index (χ1) is 8.85. The molecule has 1 aliphatic rings. The third kappa shape index (κ3) is 3.12. The third-order valence-electron chi connectivity index (χ3n) is 3.61. The molecule has 1 heterocycles. The van der Waals surface area contributed by atoms with Gasteiger partial charge in [0, 0.05) is 25.2 Å². The van der Waals surface area contributed by atoms with Crippen LogP contribution in [0, 0.1) is 0 Å². The van der Waals surface area contributed by atoms with Gasteiger partial charge in [0.2, 0.25) is 0 Å². The number of rotatable bonds is 6. The van der Waals surface area contributed by atoms with Crippen LogP contribution in [0.1, 0.15) is 46.0 Å². The van der Waals surface area contributed by atoms with Crippen molar-refractivity contribution in [2.24, 2.45) is 0 Å². The third-order valence-corrected chi connectivity index (χ3v) is 3.61. The molecule has 1 aliphatic carbocycles. The minimum absolute atomic E-state index is 0.670. The molecule has 0 unspecified atom stereocenters. The molecule has 0 saturated heterocycles. The van der Waals surface area contributed by atoms with Crippen molar-refractivity contribution in [3.63, 3.8) is 0 Å². The minimum atomic E-state index is 0.670. The second-order valence-electron chi connectivity index (χ2n) is 4.91. The van der Waals surface area contributed by atoms with Gasteiger partial charge in [-0.05, 0) is 26.2 Å². The number of hydrogen-bond acceptors (Lipinski definition) is 4. The molecular weight excluding hydrogens is 224 g/mol. The Labute approximate surface area is 110 Å². The molecular formula is C14H24N4. The second-order valence-corrected chi connectivity index (χ2v) is 4.91. The average molecular weight is 248 g/mol. The van der Waals surface area contributed by atoms with Crippen LogP contribution in [-0.2, 0) is 0 Å². The van der Waals surface area contributed by atoms with E-state index in [1.165, 1.54) is 25.7 Å². The maximum Gasteiger partial charge on any atom is 0.134 e. The Hall–Kier alpha value is -1.32. The van der Waals surface area contributed by atoms with Gasteiger partial charge in [-0.2, -0.15) is 0 Å². The maximum absolute atomic E-state index is 4.44. The molecule has 0 spiro atoms. The van der Waals surface area contributed by atoms with Crippen LogP contribution in [0.25, 0.3) is 0 Å². The molecule has 0 bridgehead atoms. The van der Waals surface area contributed by atoms with E-state index in [9.17, 15) is 0 Å². The Morgan fingerprint density at radius 1 is 1.28 bits per heavy atom. The molecule has 1 fully saturated rings. The van der Waals surface area contributed by atoms with Crippen LogP contribution in [0.2, 0.25) is 0 Å². The predicted molar refractivity (Wildman–Crippen MR) is 76.1 cm³/mol. The summed E-state index contributed by atoms with van der Waals surface area (Å²) in [6.45, 7) is 6.35. The Morgan fingerprint density at radius 2 is 2.06 bits per heavy atom. The highest BCUT2D eigenvalue weighted by atomic mass is 15.2. The van der Waals surface area contributed by atoms with E-state index < -0.39 is 0 Å². The highest BCUT2D eigenvalue weighted by Crippen LogP contribution is 2.27. The van der Waals surface area contributed by atoms with E-state index >= 15 is 0 Å². The van der Waals surface area contributed by atoms with Crippen LogP contribution in [0.4, 0.5) is 11.6 Å². The Bertz CT molecular complexity index is 361. The SMILES string of the molecule is CCCNc1cc(N(CC)C2CCCC2)ncn1. The van der Waals surface area contributed by atoms with Crippen molar-refractivity contribution >= 4 is 11.6 Å². The van der Waals surface area contributed by atoms with Gasteiger partial charge in [0.15, 0.2) is 0 Å². The minimum Gasteiger partial charge on any atom is -0.370 e. The summed E-state index contributed by atoms with van der Waals surface area (Å²) in [6.07, 6.45) is 8.09. The van der Waals surface area contributed by atoms with Crippen LogP contribution in [-0.4, -0.2) is 29.1 Å². The van der Waals surface area contributed by atoms with Crippen LogP contribution in [0.3, 0.4) is 0 Å². The summed E-state index contributed by atoms with van der Waals surface area (Å²) >= 11 is 0. The zero-order chi connectivity index (χ0) is 12.8. The summed E-state index contributed by atoms with van der Waals surface area (Å²) in [5.41, 5.74) is 0. The zero-order valence-electron chi connectivity index (χ0n) is 11.5. The fourth-order valence-electron chi connectivity index (χ4n) is 2.68. The van der Waals surface area contributed by atoms with Crippen molar-refractivity contribution < 1.29 is 0 Å². The van der Waals surface area contributed by atoms with Crippen LogP contribution in [0.5, 0.6) is 0 Å². The molecule has 18 heavy (non-hydrogen) atoms. The van der Waals surface area contributed by atoms with Gasteiger partial charge in [-0.25, -0.2) is 9.97 Å². The number of anilines is 2. The van der Waals surface area contributed by atoms with E-state index in [1.54, 1.807) is 6.33 Å². The largest absolute Gasteiger partial charge is 0.370 e. The first-order valence-corrected chi connectivity index (χ1v) is 7.17. The molecule has 0 atom stereocenters. The van der Waals surface area contributed by atoms with Crippen molar-refractivity contribution in [3.05, 3.63) is 12.4 Å². The summed E-state index contributed by atoms with van der Waals surface area (Å²) in [6, 6.07) is 2.75. The van der Waals surface area contributed by atoms with Gasteiger partial charge in [-0.3, -0.25) is 0 Å². The average Bonchev–Trinajstić information content (AvgIpc) is 2.92. The van der Waals surface area contributed by atoms with Crippen molar-refractivity contribution in [1.29, 1.82) is 0 Å². The summed E-state index contributed by atoms with van der Waals surface area (Å²) in [5.74, 6) is 2.01. The highest BCUT2D eigenvalue weighted by molar-refractivity contribution is 5.49. The molecule has 0 aliphatic heterocycles. The molecule has 1 aromatic rings. The van der Waals surface area contributed by atoms with Gasteiger partial charge >= 0.3 is 0 Å². The standard InChI is InChI=1S/C14H24N4/c1-3-9-15-13-10-14(17-11-16-13)18(4-2)12-7-5-6-8-12/h10-12H,3-9H2,1-2H3,(H,15,16,17). The van der Waals surface area contributed by atoms with E-state index in [-0.39, 0.29) is 0 Å². The topological polar surface area (TPSA) is 41.0 Å². The normalized spacial score (nSPS) is 15.9. The van der Waals surface area contributed by atoms with E-state index in [0.29, 0.717) is 6.04 Å². The van der Waals surface area contributed by atoms with E-state index in [2.05, 4.69) is 40.1 Å². The summed E-state index contributed by atoms with van der Waals surface area (Å²) < 4.78 is 0. The Balaban J connectivity index is 2.09. The fourth-order valence-corrected chi connectivity index (χ4v) is 2.68. The number of nitrogens with zero attached hydrogens (tertiary/aromatic N) is 3. The lowest BCUT2D eigenvalue weighted by atomic mass is 10.2. The molecule has 4 nitrogen and oxygen atoms in total. The Morgan fingerprint density at radius 3 is 2.72 bits per heavy atom. The van der Waals surface area contributed by atoms with Gasteiger partial charge in [0.05, 0.1) is 0 Å². The van der Waals surface area contributed by atoms with Gasteiger partial charge in [0.1, 0.15) is 18.0 Å². The van der Waals surface area contributed by atoms with E-state index in [1.807, 2.05) is 0 Å². The molecule has 2 rings (SSSR count). The highest BCUT2D eigenvalue weighted by Gasteiger charge is 2.22. The molecule has 0 aromatic carbocycles. The molecule has 0 radical (unpaired) electrons. The maximum atomic E-state index is 4.44. The lowest BCUT2D eigenvalue weighted by Crippen LogP contribution is -2.33. The van der Waals surface area contributed by atoms with Crippen LogP contribution < -0.4 is 10.2 Å². The molecule has 1 aromatic heterocycles. The van der Waals surface area contributed by atoms with Crippen LogP contribution >= 0.6 is 0 Å². The van der Waals surface area contributed by atoms with Gasteiger partial charge < -0.3 is 10.2 Å². The molecule has 1 saturated carbocycles. The van der Waals surface area contributed by atoms with Gasteiger partial charge in [0.25, 0.3) is 0 Å². The van der Waals surface area contributed by atoms with Crippen molar-refractivity contribution in [1.82, 2.24) is 9.97 Å².